The number of carbonyl (C=O) groups excluding carboxylic acids is 1. The van der Waals surface area contributed by atoms with Gasteiger partial charge in [0.05, 0.1) is 0 Å². The molecule has 2 unspecified atom stereocenters. The smallest absolute Gasteiger partial charge is 0.253 e. The molecule has 2 atom stereocenters. The van der Waals surface area contributed by atoms with Crippen LogP contribution in [-0.4, -0.2) is 53.0 Å². The Hall–Kier alpha value is -1.55. The van der Waals surface area contributed by atoms with Crippen LogP contribution in [0.2, 0.25) is 0 Å². The van der Waals surface area contributed by atoms with Crippen molar-refractivity contribution < 1.29 is 9.90 Å². The molecule has 0 saturated carbocycles. The SMILES string of the molecule is CC1CN(C(=O)c2ccc(O)cc2)CC(C)N1C. The molecule has 1 N–H and O–H groups in total. The molecule has 0 bridgehead atoms. The van der Waals surface area contributed by atoms with Gasteiger partial charge in [0, 0.05) is 30.7 Å². The standard InChI is InChI=1S/C14H20N2O2/c1-10-8-16(9-11(2)15(10)3)14(18)12-4-6-13(17)7-5-12/h4-7,10-11,17H,8-9H2,1-3H3. The predicted octanol–water partition coefficient (Wildman–Crippen LogP) is 1.56. The summed E-state index contributed by atoms with van der Waals surface area (Å²) < 4.78 is 0. The van der Waals surface area contributed by atoms with Crippen LogP contribution >= 0.6 is 0 Å². The maximum atomic E-state index is 12.3. The van der Waals surface area contributed by atoms with Crippen molar-refractivity contribution in [2.75, 3.05) is 20.1 Å². The quantitative estimate of drug-likeness (QED) is 0.820. The van der Waals surface area contributed by atoms with Gasteiger partial charge in [0.25, 0.3) is 5.91 Å². The number of benzene rings is 1. The van der Waals surface area contributed by atoms with Crippen molar-refractivity contribution in [3.63, 3.8) is 0 Å². The second-order valence-electron chi connectivity index (χ2n) is 5.12. The Labute approximate surface area is 108 Å². The summed E-state index contributed by atoms with van der Waals surface area (Å²) in [6.45, 7) is 5.76. The van der Waals surface area contributed by atoms with E-state index in [1.165, 1.54) is 0 Å². The first-order valence-electron chi connectivity index (χ1n) is 6.29. The number of phenolic OH excluding ortho intramolecular Hbond substituents is 1. The van der Waals surface area contributed by atoms with E-state index in [0.29, 0.717) is 17.6 Å². The van der Waals surface area contributed by atoms with E-state index in [1.807, 2.05) is 4.90 Å². The van der Waals surface area contributed by atoms with Gasteiger partial charge in [-0.25, -0.2) is 0 Å². The topological polar surface area (TPSA) is 43.8 Å². The van der Waals surface area contributed by atoms with Crippen LogP contribution in [0.5, 0.6) is 5.75 Å². The minimum atomic E-state index is 0.0433. The number of hydrogen-bond donors (Lipinski definition) is 1. The average molecular weight is 248 g/mol. The Morgan fingerprint density at radius 2 is 1.67 bits per heavy atom. The number of amides is 1. The Morgan fingerprint density at radius 1 is 1.17 bits per heavy atom. The minimum Gasteiger partial charge on any atom is -0.508 e. The van der Waals surface area contributed by atoms with Crippen LogP contribution in [-0.2, 0) is 0 Å². The summed E-state index contributed by atoms with van der Waals surface area (Å²) in [6, 6.07) is 7.19. The zero-order valence-electron chi connectivity index (χ0n) is 11.1. The lowest BCUT2D eigenvalue weighted by Gasteiger charge is -2.42. The summed E-state index contributed by atoms with van der Waals surface area (Å²) in [7, 11) is 2.09. The fourth-order valence-electron chi connectivity index (χ4n) is 2.36. The maximum absolute atomic E-state index is 12.3. The Bertz CT molecular complexity index is 418. The van der Waals surface area contributed by atoms with Crippen LogP contribution in [0, 0.1) is 0 Å². The first-order valence-corrected chi connectivity index (χ1v) is 6.29. The van der Waals surface area contributed by atoms with Crippen LogP contribution in [0.4, 0.5) is 0 Å². The number of aromatic hydroxyl groups is 1. The van der Waals surface area contributed by atoms with Crippen molar-refractivity contribution in [2.45, 2.75) is 25.9 Å². The predicted molar refractivity (Wildman–Crippen MR) is 70.7 cm³/mol. The number of carbonyl (C=O) groups is 1. The molecule has 0 aromatic heterocycles. The van der Waals surface area contributed by atoms with E-state index in [0.717, 1.165) is 13.1 Å². The highest BCUT2D eigenvalue weighted by atomic mass is 16.3. The Balaban J connectivity index is 2.12. The molecule has 0 aliphatic carbocycles. The van der Waals surface area contributed by atoms with Crippen molar-refractivity contribution in [3.8, 4) is 5.75 Å². The van der Waals surface area contributed by atoms with Gasteiger partial charge in [-0.15, -0.1) is 0 Å². The molecule has 1 aliphatic heterocycles. The first kappa shape index (κ1) is 12.9. The molecule has 1 fully saturated rings. The minimum absolute atomic E-state index is 0.0433. The zero-order valence-corrected chi connectivity index (χ0v) is 11.1. The van der Waals surface area contributed by atoms with Gasteiger partial charge < -0.3 is 10.0 Å². The van der Waals surface area contributed by atoms with E-state index in [2.05, 4.69) is 25.8 Å². The molecular formula is C14H20N2O2. The second-order valence-corrected chi connectivity index (χ2v) is 5.12. The third kappa shape index (κ3) is 2.48. The summed E-state index contributed by atoms with van der Waals surface area (Å²) >= 11 is 0. The first-order chi connectivity index (χ1) is 8.49. The van der Waals surface area contributed by atoms with Gasteiger partial charge in [0.1, 0.15) is 5.75 Å². The maximum Gasteiger partial charge on any atom is 0.253 e. The molecule has 1 saturated heterocycles. The van der Waals surface area contributed by atoms with Gasteiger partial charge in [-0.05, 0) is 45.2 Å². The van der Waals surface area contributed by atoms with E-state index in [9.17, 15) is 9.90 Å². The summed E-state index contributed by atoms with van der Waals surface area (Å²) in [6.07, 6.45) is 0. The fraction of sp³-hybridized carbons (Fsp3) is 0.500. The second kappa shape index (κ2) is 4.98. The molecule has 1 aromatic rings. The molecule has 1 amide bonds. The van der Waals surface area contributed by atoms with E-state index < -0.39 is 0 Å². The van der Waals surface area contributed by atoms with E-state index in [4.69, 9.17) is 0 Å². The molecule has 18 heavy (non-hydrogen) atoms. The summed E-state index contributed by atoms with van der Waals surface area (Å²) in [5.41, 5.74) is 0.636. The van der Waals surface area contributed by atoms with Crippen LogP contribution in [0.1, 0.15) is 24.2 Å². The molecular weight excluding hydrogens is 228 g/mol. The molecule has 1 aliphatic rings. The Morgan fingerprint density at radius 3 is 2.17 bits per heavy atom. The van der Waals surface area contributed by atoms with Crippen molar-refractivity contribution in [2.24, 2.45) is 0 Å². The molecule has 1 aromatic carbocycles. The van der Waals surface area contributed by atoms with Crippen LogP contribution in [0.25, 0.3) is 0 Å². The molecule has 4 heteroatoms. The number of rotatable bonds is 1. The van der Waals surface area contributed by atoms with Crippen LogP contribution < -0.4 is 0 Å². The highest BCUT2D eigenvalue weighted by Gasteiger charge is 2.29. The average Bonchev–Trinajstić information content (AvgIpc) is 2.35. The number of hydrogen-bond acceptors (Lipinski definition) is 3. The lowest BCUT2D eigenvalue weighted by atomic mass is 10.1. The largest absolute Gasteiger partial charge is 0.508 e. The monoisotopic (exact) mass is 248 g/mol. The molecule has 98 valence electrons. The molecule has 0 spiro atoms. The molecule has 2 rings (SSSR count). The van der Waals surface area contributed by atoms with Crippen molar-refractivity contribution in [3.05, 3.63) is 29.8 Å². The lowest BCUT2D eigenvalue weighted by molar-refractivity contribution is 0.0414. The van der Waals surface area contributed by atoms with Gasteiger partial charge in [-0.3, -0.25) is 9.69 Å². The number of phenols is 1. The van der Waals surface area contributed by atoms with Crippen LogP contribution in [0.15, 0.2) is 24.3 Å². The molecule has 0 radical (unpaired) electrons. The fourth-order valence-corrected chi connectivity index (χ4v) is 2.36. The normalized spacial score (nSPS) is 25.2. The highest BCUT2D eigenvalue weighted by molar-refractivity contribution is 5.94. The summed E-state index contributed by atoms with van der Waals surface area (Å²) in [4.78, 5) is 16.5. The van der Waals surface area contributed by atoms with Crippen molar-refractivity contribution >= 4 is 5.91 Å². The van der Waals surface area contributed by atoms with Crippen molar-refractivity contribution in [1.82, 2.24) is 9.80 Å². The third-order valence-electron chi connectivity index (χ3n) is 3.76. The van der Waals surface area contributed by atoms with E-state index in [1.54, 1.807) is 24.3 Å². The Kier molecular flexibility index (Phi) is 3.57. The van der Waals surface area contributed by atoms with E-state index in [-0.39, 0.29) is 11.7 Å². The van der Waals surface area contributed by atoms with Crippen molar-refractivity contribution in [1.29, 1.82) is 0 Å². The summed E-state index contributed by atoms with van der Waals surface area (Å²) in [5, 5.41) is 9.24. The highest BCUT2D eigenvalue weighted by Crippen LogP contribution is 2.17. The zero-order chi connectivity index (χ0) is 13.3. The van der Waals surface area contributed by atoms with Gasteiger partial charge in [-0.1, -0.05) is 0 Å². The lowest BCUT2D eigenvalue weighted by Crippen LogP contribution is -2.56. The third-order valence-corrected chi connectivity index (χ3v) is 3.76. The van der Waals surface area contributed by atoms with Gasteiger partial charge in [0.15, 0.2) is 0 Å². The number of likely N-dealkylation sites (N-methyl/N-ethyl adjacent to an activating group) is 1. The molecule has 4 nitrogen and oxygen atoms in total. The van der Waals surface area contributed by atoms with Gasteiger partial charge >= 0.3 is 0 Å². The van der Waals surface area contributed by atoms with Gasteiger partial charge in [-0.2, -0.15) is 0 Å². The summed E-state index contributed by atoms with van der Waals surface area (Å²) in [5.74, 6) is 0.230. The number of nitrogens with zero attached hydrogens (tertiary/aromatic N) is 2. The van der Waals surface area contributed by atoms with Gasteiger partial charge in [0.2, 0.25) is 0 Å². The molecule has 1 heterocycles. The van der Waals surface area contributed by atoms with E-state index >= 15 is 0 Å². The number of piperazine rings is 1. The van der Waals surface area contributed by atoms with Crippen LogP contribution in [0.3, 0.4) is 0 Å².